The van der Waals surface area contributed by atoms with Gasteiger partial charge >= 0.3 is 0 Å². The quantitative estimate of drug-likeness (QED) is 0.868. The summed E-state index contributed by atoms with van der Waals surface area (Å²) in [6.07, 6.45) is 1.31. The van der Waals surface area contributed by atoms with Crippen molar-refractivity contribution in [3.05, 3.63) is 36.0 Å². The summed E-state index contributed by atoms with van der Waals surface area (Å²) in [6.45, 7) is 1.17. The van der Waals surface area contributed by atoms with Crippen LogP contribution in [0.4, 0.5) is 0 Å². The van der Waals surface area contributed by atoms with Gasteiger partial charge in [0, 0.05) is 29.9 Å². The number of likely N-dealkylation sites (tertiary alicyclic amines) is 1. The number of fused-ring (bicyclic) bond motifs is 1. The van der Waals surface area contributed by atoms with Gasteiger partial charge in [0.25, 0.3) is 5.91 Å². The summed E-state index contributed by atoms with van der Waals surface area (Å²) in [7, 11) is 0. The van der Waals surface area contributed by atoms with Gasteiger partial charge < -0.3 is 15.6 Å². The molecule has 0 saturated carbocycles. The van der Waals surface area contributed by atoms with Gasteiger partial charge in [-0.15, -0.1) is 0 Å². The van der Waals surface area contributed by atoms with Gasteiger partial charge in [-0.25, -0.2) is 0 Å². The van der Waals surface area contributed by atoms with Crippen LogP contribution in [0.3, 0.4) is 0 Å². The summed E-state index contributed by atoms with van der Waals surface area (Å²) >= 11 is 0. The molecule has 0 atom stereocenters. The number of aromatic amines is 1. The zero-order chi connectivity index (χ0) is 14.1. The van der Waals surface area contributed by atoms with Crippen LogP contribution in [0.15, 0.2) is 30.3 Å². The van der Waals surface area contributed by atoms with Gasteiger partial charge in [-0.1, -0.05) is 18.2 Å². The number of amides is 2. The smallest absolute Gasteiger partial charge is 0.270 e. The topological polar surface area (TPSA) is 79.2 Å². The molecule has 1 saturated heterocycles. The van der Waals surface area contributed by atoms with Crippen molar-refractivity contribution >= 4 is 22.7 Å². The van der Waals surface area contributed by atoms with E-state index in [0.29, 0.717) is 31.6 Å². The first-order valence-electron chi connectivity index (χ1n) is 6.81. The Morgan fingerprint density at radius 2 is 1.90 bits per heavy atom. The first-order valence-corrected chi connectivity index (χ1v) is 6.81. The van der Waals surface area contributed by atoms with Crippen LogP contribution >= 0.6 is 0 Å². The summed E-state index contributed by atoms with van der Waals surface area (Å²) in [5.74, 6) is -0.367. The predicted octanol–water partition coefficient (Wildman–Crippen LogP) is 1.51. The molecule has 5 heteroatoms. The lowest BCUT2D eigenvalue weighted by molar-refractivity contribution is -0.123. The normalized spacial score (nSPS) is 16.5. The number of carbonyl (C=O) groups is 2. The van der Waals surface area contributed by atoms with E-state index in [9.17, 15) is 9.59 Å². The number of rotatable bonds is 2. The third kappa shape index (κ3) is 2.27. The van der Waals surface area contributed by atoms with Crippen molar-refractivity contribution in [3.8, 4) is 0 Å². The summed E-state index contributed by atoms with van der Waals surface area (Å²) in [5, 5.41) is 1.03. The number of nitrogens with zero attached hydrogens (tertiary/aromatic N) is 1. The van der Waals surface area contributed by atoms with E-state index in [1.807, 2.05) is 30.3 Å². The van der Waals surface area contributed by atoms with Gasteiger partial charge in [-0.3, -0.25) is 9.59 Å². The second kappa shape index (κ2) is 5.00. The van der Waals surface area contributed by atoms with Crippen molar-refractivity contribution in [1.29, 1.82) is 0 Å². The molecule has 2 heterocycles. The number of aromatic nitrogens is 1. The number of hydrogen-bond acceptors (Lipinski definition) is 2. The fourth-order valence-electron chi connectivity index (χ4n) is 2.73. The molecule has 0 unspecified atom stereocenters. The number of H-pyrrole nitrogens is 1. The van der Waals surface area contributed by atoms with E-state index in [-0.39, 0.29) is 17.7 Å². The molecule has 5 nitrogen and oxygen atoms in total. The van der Waals surface area contributed by atoms with E-state index < -0.39 is 0 Å². The number of para-hydroxylation sites is 1. The number of nitrogens with one attached hydrogen (secondary N) is 1. The maximum Gasteiger partial charge on any atom is 0.270 e. The molecule has 2 aromatic rings. The van der Waals surface area contributed by atoms with E-state index in [4.69, 9.17) is 5.73 Å². The van der Waals surface area contributed by atoms with Crippen LogP contribution in [0.1, 0.15) is 23.3 Å². The van der Waals surface area contributed by atoms with Crippen molar-refractivity contribution in [1.82, 2.24) is 9.88 Å². The second-order valence-electron chi connectivity index (χ2n) is 5.24. The van der Waals surface area contributed by atoms with Gasteiger partial charge in [0.05, 0.1) is 0 Å². The number of carbonyl (C=O) groups excluding carboxylic acids is 2. The first-order chi connectivity index (χ1) is 9.65. The highest BCUT2D eigenvalue weighted by Gasteiger charge is 2.27. The van der Waals surface area contributed by atoms with Crippen LogP contribution in [0.5, 0.6) is 0 Å². The molecule has 0 aliphatic carbocycles. The molecule has 1 aromatic heterocycles. The Morgan fingerprint density at radius 1 is 1.20 bits per heavy atom. The maximum atomic E-state index is 12.4. The van der Waals surface area contributed by atoms with Crippen molar-refractivity contribution < 1.29 is 9.59 Å². The monoisotopic (exact) mass is 271 g/mol. The molecule has 3 rings (SSSR count). The summed E-state index contributed by atoms with van der Waals surface area (Å²) in [4.78, 5) is 28.5. The fourth-order valence-corrected chi connectivity index (χ4v) is 2.73. The van der Waals surface area contributed by atoms with E-state index in [1.54, 1.807) is 4.90 Å². The zero-order valence-corrected chi connectivity index (χ0v) is 11.1. The highest BCUT2D eigenvalue weighted by atomic mass is 16.2. The molecule has 2 amide bonds. The zero-order valence-electron chi connectivity index (χ0n) is 11.1. The van der Waals surface area contributed by atoms with E-state index in [1.165, 1.54) is 0 Å². The van der Waals surface area contributed by atoms with Crippen molar-refractivity contribution in [3.63, 3.8) is 0 Å². The standard InChI is InChI=1S/C15H17N3O2/c16-14(19)10-5-7-18(8-6-10)15(20)13-9-11-3-1-2-4-12(11)17-13/h1-4,9-10,17H,5-8H2,(H2,16,19). The molecule has 0 radical (unpaired) electrons. The molecule has 3 N–H and O–H groups in total. The summed E-state index contributed by atoms with van der Waals surface area (Å²) < 4.78 is 0. The first kappa shape index (κ1) is 12.7. The maximum absolute atomic E-state index is 12.4. The minimum absolute atomic E-state index is 0.0101. The lowest BCUT2D eigenvalue weighted by Crippen LogP contribution is -2.41. The van der Waals surface area contributed by atoms with E-state index >= 15 is 0 Å². The molecule has 1 fully saturated rings. The number of primary amides is 1. The summed E-state index contributed by atoms with van der Waals surface area (Å²) in [5.41, 5.74) is 6.86. The van der Waals surface area contributed by atoms with Crippen LogP contribution in [-0.4, -0.2) is 34.8 Å². The van der Waals surface area contributed by atoms with Gasteiger partial charge in [-0.05, 0) is 25.0 Å². The Balaban J connectivity index is 1.75. The Labute approximate surface area is 116 Å². The van der Waals surface area contributed by atoms with Crippen LogP contribution in [0, 0.1) is 5.92 Å². The largest absolute Gasteiger partial charge is 0.369 e. The lowest BCUT2D eigenvalue weighted by atomic mass is 9.96. The minimum Gasteiger partial charge on any atom is -0.369 e. The Kier molecular flexibility index (Phi) is 3.18. The van der Waals surface area contributed by atoms with Crippen molar-refractivity contribution in [2.45, 2.75) is 12.8 Å². The SMILES string of the molecule is NC(=O)C1CCN(C(=O)c2cc3ccccc3[nH]2)CC1. The number of piperidine rings is 1. The highest BCUT2D eigenvalue weighted by molar-refractivity contribution is 5.98. The molecule has 1 aliphatic rings. The third-order valence-corrected chi connectivity index (χ3v) is 3.94. The van der Waals surface area contributed by atoms with Gasteiger partial charge in [-0.2, -0.15) is 0 Å². The highest BCUT2D eigenvalue weighted by Crippen LogP contribution is 2.20. The van der Waals surface area contributed by atoms with Crippen LogP contribution in [0.25, 0.3) is 10.9 Å². The lowest BCUT2D eigenvalue weighted by Gasteiger charge is -2.30. The molecule has 0 spiro atoms. The van der Waals surface area contributed by atoms with Crippen molar-refractivity contribution in [2.24, 2.45) is 11.7 Å². The summed E-state index contributed by atoms with van der Waals surface area (Å²) in [6, 6.07) is 9.68. The van der Waals surface area contributed by atoms with Gasteiger partial charge in [0.2, 0.25) is 5.91 Å². The molecule has 1 aromatic carbocycles. The average Bonchev–Trinajstić information content (AvgIpc) is 2.90. The molecule has 0 bridgehead atoms. The van der Waals surface area contributed by atoms with Crippen LogP contribution in [0.2, 0.25) is 0 Å². The second-order valence-corrected chi connectivity index (χ2v) is 5.24. The fraction of sp³-hybridized carbons (Fsp3) is 0.333. The molecule has 20 heavy (non-hydrogen) atoms. The molecular formula is C15H17N3O2. The molecular weight excluding hydrogens is 254 g/mol. The van der Waals surface area contributed by atoms with Gasteiger partial charge in [0.15, 0.2) is 0 Å². The number of benzene rings is 1. The van der Waals surface area contributed by atoms with E-state index in [0.717, 1.165) is 10.9 Å². The van der Waals surface area contributed by atoms with E-state index in [2.05, 4.69) is 4.98 Å². The van der Waals surface area contributed by atoms with Crippen LogP contribution in [-0.2, 0) is 4.79 Å². The van der Waals surface area contributed by atoms with Crippen molar-refractivity contribution in [2.75, 3.05) is 13.1 Å². The third-order valence-electron chi connectivity index (χ3n) is 3.94. The Morgan fingerprint density at radius 3 is 2.55 bits per heavy atom. The molecule has 1 aliphatic heterocycles. The predicted molar refractivity (Wildman–Crippen MR) is 76.1 cm³/mol. The van der Waals surface area contributed by atoms with Gasteiger partial charge in [0.1, 0.15) is 5.69 Å². The number of hydrogen-bond donors (Lipinski definition) is 2. The Bertz CT molecular complexity index is 621. The van der Waals surface area contributed by atoms with Crippen LogP contribution < -0.4 is 5.73 Å². The minimum atomic E-state index is -0.261. The number of nitrogens with two attached hydrogens (primary N) is 1. The Hall–Kier alpha value is -2.30. The average molecular weight is 271 g/mol. The molecule has 104 valence electrons.